The van der Waals surface area contributed by atoms with Crippen molar-refractivity contribution in [3.8, 4) is 0 Å². The van der Waals surface area contributed by atoms with Gasteiger partial charge < -0.3 is 10.4 Å². The average molecular weight is 336 g/mol. The third-order valence-corrected chi connectivity index (χ3v) is 4.35. The van der Waals surface area contributed by atoms with E-state index < -0.39 is 23.7 Å². The summed E-state index contributed by atoms with van der Waals surface area (Å²) in [7, 11) is 0. The third kappa shape index (κ3) is 4.59. The van der Waals surface area contributed by atoms with Crippen LogP contribution in [-0.4, -0.2) is 22.0 Å². The lowest BCUT2D eigenvalue weighted by Gasteiger charge is -2.16. The lowest BCUT2D eigenvalue weighted by Crippen LogP contribution is -2.30. The number of hydrogen-bond acceptors (Lipinski definition) is 4. The van der Waals surface area contributed by atoms with Gasteiger partial charge in [0.2, 0.25) is 0 Å². The Hall–Kier alpha value is -2.28. The molecule has 0 fully saturated rings. The molecule has 7 heteroatoms. The minimum Gasteiger partial charge on any atom is -0.481 e. The van der Waals surface area contributed by atoms with Gasteiger partial charge in [0.05, 0.1) is 17.5 Å². The number of carboxylic acid groups (broad SMARTS) is 1. The molecule has 122 valence electrons. The standard InChI is InChI=1S/C16H17FN2O3S/c1-9(2)16-19-13(8-23-16)15(22)18-12(7-14(20)21)10-3-5-11(17)6-4-10/h3-6,8-9,12H,7H2,1-2H3,(H,18,22)(H,20,21). The van der Waals surface area contributed by atoms with E-state index in [1.807, 2.05) is 13.8 Å². The molecule has 0 aliphatic rings. The summed E-state index contributed by atoms with van der Waals surface area (Å²) >= 11 is 1.39. The van der Waals surface area contributed by atoms with E-state index in [1.54, 1.807) is 5.38 Å². The third-order valence-electron chi connectivity index (χ3n) is 3.20. The molecule has 1 aromatic heterocycles. The van der Waals surface area contributed by atoms with Gasteiger partial charge in [0.1, 0.15) is 11.5 Å². The second-order valence-electron chi connectivity index (χ2n) is 5.40. The first-order valence-corrected chi connectivity index (χ1v) is 7.98. The van der Waals surface area contributed by atoms with E-state index in [9.17, 15) is 14.0 Å². The van der Waals surface area contributed by atoms with Crippen LogP contribution in [0.25, 0.3) is 0 Å². The fourth-order valence-corrected chi connectivity index (χ4v) is 2.83. The Morgan fingerprint density at radius 3 is 2.48 bits per heavy atom. The predicted octanol–water partition coefficient (Wildman–Crippen LogP) is 3.35. The van der Waals surface area contributed by atoms with Crippen molar-refractivity contribution in [1.82, 2.24) is 10.3 Å². The number of aliphatic carboxylic acids is 1. The number of thiazole rings is 1. The Morgan fingerprint density at radius 2 is 1.96 bits per heavy atom. The van der Waals surface area contributed by atoms with Crippen LogP contribution in [0.2, 0.25) is 0 Å². The van der Waals surface area contributed by atoms with Gasteiger partial charge in [-0.3, -0.25) is 9.59 Å². The van der Waals surface area contributed by atoms with E-state index in [-0.39, 0.29) is 18.0 Å². The number of carboxylic acids is 1. The van der Waals surface area contributed by atoms with Gasteiger partial charge >= 0.3 is 5.97 Å². The molecule has 2 aromatic rings. The summed E-state index contributed by atoms with van der Waals surface area (Å²) in [5.41, 5.74) is 0.790. The maximum Gasteiger partial charge on any atom is 0.305 e. The minimum atomic E-state index is -1.05. The molecule has 0 saturated carbocycles. The van der Waals surface area contributed by atoms with Crippen LogP contribution in [0.5, 0.6) is 0 Å². The highest BCUT2D eigenvalue weighted by molar-refractivity contribution is 7.09. The molecule has 1 unspecified atom stereocenters. The fraction of sp³-hybridized carbons (Fsp3) is 0.312. The van der Waals surface area contributed by atoms with E-state index in [0.717, 1.165) is 5.01 Å². The number of carbonyl (C=O) groups is 2. The van der Waals surface area contributed by atoms with Crippen molar-refractivity contribution >= 4 is 23.2 Å². The first kappa shape index (κ1) is 17.1. The van der Waals surface area contributed by atoms with Gasteiger partial charge in [-0.15, -0.1) is 11.3 Å². The topological polar surface area (TPSA) is 79.3 Å². The normalized spacial score (nSPS) is 12.2. The number of hydrogen-bond donors (Lipinski definition) is 2. The van der Waals surface area contributed by atoms with Crippen molar-refractivity contribution in [1.29, 1.82) is 0 Å². The van der Waals surface area contributed by atoms with Crippen LogP contribution < -0.4 is 5.32 Å². The highest BCUT2D eigenvalue weighted by Crippen LogP contribution is 2.21. The molecule has 0 aliphatic heterocycles. The first-order valence-electron chi connectivity index (χ1n) is 7.10. The summed E-state index contributed by atoms with van der Waals surface area (Å²) in [5.74, 6) is -1.70. The van der Waals surface area contributed by atoms with Crippen LogP contribution in [0.4, 0.5) is 4.39 Å². The number of benzene rings is 1. The Bertz CT molecular complexity index is 698. The molecule has 1 atom stereocenters. The Balaban J connectivity index is 2.17. The Labute approximate surface area is 137 Å². The first-order chi connectivity index (χ1) is 10.9. The van der Waals surface area contributed by atoms with Gasteiger partial charge in [0, 0.05) is 11.3 Å². The van der Waals surface area contributed by atoms with Crippen LogP contribution in [0.3, 0.4) is 0 Å². The summed E-state index contributed by atoms with van der Waals surface area (Å²) in [4.78, 5) is 27.6. The van der Waals surface area contributed by atoms with Crippen molar-refractivity contribution in [2.75, 3.05) is 0 Å². The van der Waals surface area contributed by atoms with Crippen molar-refractivity contribution in [2.24, 2.45) is 0 Å². The van der Waals surface area contributed by atoms with Crippen LogP contribution in [0.1, 0.15) is 53.3 Å². The number of halogens is 1. The van der Waals surface area contributed by atoms with Crippen molar-refractivity contribution < 1.29 is 19.1 Å². The zero-order valence-electron chi connectivity index (χ0n) is 12.7. The molecule has 2 rings (SSSR count). The SMILES string of the molecule is CC(C)c1nc(C(=O)NC(CC(=O)O)c2ccc(F)cc2)cs1. The molecule has 1 heterocycles. The molecule has 2 N–H and O–H groups in total. The summed E-state index contributed by atoms with van der Waals surface area (Å²) < 4.78 is 13.0. The van der Waals surface area contributed by atoms with E-state index in [0.29, 0.717) is 5.56 Å². The van der Waals surface area contributed by atoms with Crippen LogP contribution >= 0.6 is 11.3 Å². The number of amides is 1. The van der Waals surface area contributed by atoms with Crippen molar-refractivity contribution in [2.45, 2.75) is 32.2 Å². The maximum absolute atomic E-state index is 13.0. The number of carbonyl (C=O) groups excluding carboxylic acids is 1. The van der Waals surface area contributed by atoms with E-state index in [4.69, 9.17) is 5.11 Å². The molecule has 0 saturated heterocycles. The minimum absolute atomic E-state index is 0.216. The van der Waals surface area contributed by atoms with Gasteiger partial charge in [-0.05, 0) is 17.7 Å². The zero-order chi connectivity index (χ0) is 17.0. The molecule has 1 aromatic carbocycles. The Kier molecular flexibility index (Phi) is 5.44. The molecule has 5 nitrogen and oxygen atoms in total. The van der Waals surface area contributed by atoms with Gasteiger partial charge in [-0.25, -0.2) is 9.37 Å². The molecule has 0 spiro atoms. The van der Waals surface area contributed by atoms with Gasteiger partial charge in [-0.1, -0.05) is 26.0 Å². The molecule has 0 radical (unpaired) electrons. The smallest absolute Gasteiger partial charge is 0.305 e. The summed E-state index contributed by atoms with van der Waals surface area (Å²) in [6, 6.07) is 4.64. The Morgan fingerprint density at radius 1 is 1.30 bits per heavy atom. The highest BCUT2D eigenvalue weighted by Gasteiger charge is 2.21. The lowest BCUT2D eigenvalue weighted by atomic mass is 10.0. The lowest BCUT2D eigenvalue weighted by molar-refractivity contribution is -0.137. The van der Waals surface area contributed by atoms with Gasteiger partial charge in [-0.2, -0.15) is 0 Å². The molecule has 0 bridgehead atoms. The molecular formula is C16H17FN2O3S. The maximum atomic E-state index is 13.0. The zero-order valence-corrected chi connectivity index (χ0v) is 13.6. The van der Waals surface area contributed by atoms with Crippen molar-refractivity contribution in [3.63, 3.8) is 0 Å². The summed E-state index contributed by atoms with van der Waals surface area (Å²) in [6.07, 6.45) is -0.293. The second kappa shape index (κ2) is 7.32. The highest BCUT2D eigenvalue weighted by atomic mass is 32.1. The molecular weight excluding hydrogens is 319 g/mol. The van der Waals surface area contributed by atoms with E-state index in [2.05, 4.69) is 10.3 Å². The quantitative estimate of drug-likeness (QED) is 0.848. The summed E-state index contributed by atoms with van der Waals surface area (Å²) in [6.45, 7) is 3.96. The fourth-order valence-electron chi connectivity index (χ4n) is 2.01. The number of aromatic nitrogens is 1. The van der Waals surface area contributed by atoms with Crippen LogP contribution in [-0.2, 0) is 4.79 Å². The van der Waals surface area contributed by atoms with Crippen molar-refractivity contribution in [3.05, 3.63) is 51.7 Å². The average Bonchev–Trinajstić information content (AvgIpc) is 2.97. The number of nitrogens with zero attached hydrogens (tertiary/aromatic N) is 1. The van der Waals surface area contributed by atoms with Gasteiger partial charge in [0.15, 0.2) is 0 Å². The molecule has 23 heavy (non-hydrogen) atoms. The van der Waals surface area contributed by atoms with Gasteiger partial charge in [0.25, 0.3) is 5.91 Å². The monoisotopic (exact) mass is 336 g/mol. The van der Waals surface area contributed by atoms with E-state index in [1.165, 1.54) is 35.6 Å². The molecule has 0 aliphatic carbocycles. The number of nitrogens with one attached hydrogen (secondary N) is 1. The summed E-state index contributed by atoms with van der Waals surface area (Å²) in [5, 5.41) is 14.2. The van der Waals surface area contributed by atoms with E-state index >= 15 is 0 Å². The number of rotatable bonds is 6. The largest absolute Gasteiger partial charge is 0.481 e. The van der Waals surface area contributed by atoms with Crippen LogP contribution in [0, 0.1) is 5.82 Å². The second-order valence-corrected chi connectivity index (χ2v) is 6.29. The molecule has 1 amide bonds. The van der Waals surface area contributed by atoms with Crippen LogP contribution in [0.15, 0.2) is 29.6 Å². The predicted molar refractivity (Wildman–Crippen MR) is 85.1 cm³/mol.